The third-order valence-electron chi connectivity index (χ3n) is 3.91. The SMILES string of the molecule is CCNCCCCNCCC(=O)NCCCNC(=O)NCCOCCC(=O)OC. The number of unbranched alkanes of at least 4 members (excludes halogenated alkanes) is 1. The lowest BCUT2D eigenvalue weighted by atomic mass is 10.3. The molecule has 0 saturated carbocycles. The zero-order chi connectivity index (χ0) is 21.6. The second-order valence-electron chi connectivity index (χ2n) is 6.39. The molecule has 0 aliphatic carbocycles. The van der Waals surface area contributed by atoms with E-state index in [0.29, 0.717) is 45.6 Å². The van der Waals surface area contributed by atoms with Gasteiger partial charge in [-0.15, -0.1) is 0 Å². The molecule has 0 bridgehead atoms. The summed E-state index contributed by atoms with van der Waals surface area (Å²) in [4.78, 5) is 34.1. The van der Waals surface area contributed by atoms with Crippen LogP contribution < -0.4 is 26.6 Å². The number of hydrogen-bond donors (Lipinski definition) is 5. The Bertz CT molecular complexity index is 437. The van der Waals surface area contributed by atoms with Gasteiger partial charge in [-0.1, -0.05) is 6.92 Å². The number of nitrogens with one attached hydrogen (secondary N) is 5. The van der Waals surface area contributed by atoms with E-state index in [1.807, 2.05) is 0 Å². The third kappa shape index (κ3) is 20.6. The number of esters is 1. The Hall–Kier alpha value is -1.91. The van der Waals surface area contributed by atoms with Crippen molar-refractivity contribution in [2.75, 3.05) is 66.1 Å². The van der Waals surface area contributed by atoms with Crippen molar-refractivity contribution in [2.24, 2.45) is 0 Å². The lowest BCUT2D eigenvalue weighted by Gasteiger charge is -2.09. The Labute approximate surface area is 174 Å². The van der Waals surface area contributed by atoms with Gasteiger partial charge in [0, 0.05) is 32.6 Å². The number of methoxy groups -OCH3 is 1. The zero-order valence-electron chi connectivity index (χ0n) is 17.9. The van der Waals surface area contributed by atoms with Gasteiger partial charge in [0.2, 0.25) is 5.91 Å². The minimum absolute atomic E-state index is 0.0127. The molecule has 0 spiro atoms. The van der Waals surface area contributed by atoms with Crippen LogP contribution in [0.15, 0.2) is 0 Å². The van der Waals surface area contributed by atoms with Crippen LogP contribution in [0, 0.1) is 0 Å². The van der Waals surface area contributed by atoms with Crippen molar-refractivity contribution in [3.05, 3.63) is 0 Å². The van der Waals surface area contributed by atoms with Crippen molar-refractivity contribution in [1.82, 2.24) is 26.6 Å². The highest BCUT2D eigenvalue weighted by Gasteiger charge is 2.02. The monoisotopic (exact) mass is 417 g/mol. The van der Waals surface area contributed by atoms with E-state index in [1.165, 1.54) is 7.11 Å². The minimum atomic E-state index is -0.324. The lowest BCUT2D eigenvalue weighted by molar-refractivity contribution is -0.141. The third-order valence-corrected chi connectivity index (χ3v) is 3.91. The first-order chi connectivity index (χ1) is 14.1. The van der Waals surface area contributed by atoms with E-state index in [-0.39, 0.29) is 30.9 Å². The molecule has 0 aromatic carbocycles. The maximum atomic E-state index is 11.7. The molecule has 0 saturated heterocycles. The van der Waals surface area contributed by atoms with Crippen LogP contribution in [0.5, 0.6) is 0 Å². The molecule has 29 heavy (non-hydrogen) atoms. The second-order valence-corrected chi connectivity index (χ2v) is 6.39. The van der Waals surface area contributed by atoms with Crippen LogP contribution >= 0.6 is 0 Å². The lowest BCUT2D eigenvalue weighted by Crippen LogP contribution is -2.38. The number of amides is 3. The van der Waals surface area contributed by atoms with E-state index >= 15 is 0 Å². The predicted molar refractivity (Wildman–Crippen MR) is 112 cm³/mol. The van der Waals surface area contributed by atoms with Gasteiger partial charge in [0.25, 0.3) is 0 Å². The molecule has 0 radical (unpaired) electrons. The Morgan fingerprint density at radius 3 is 2.14 bits per heavy atom. The molecule has 3 amide bonds. The number of carbonyl (C=O) groups excluding carboxylic acids is 3. The molecule has 0 heterocycles. The van der Waals surface area contributed by atoms with Gasteiger partial charge in [-0.2, -0.15) is 0 Å². The molecule has 170 valence electrons. The standard InChI is InChI=1S/C19H39N5O5/c1-3-20-9-4-5-10-21-13-7-17(25)22-11-6-12-23-19(27)24-14-16-29-15-8-18(26)28-2/h20-21H,3-16H2,1-2H3,(H,22,25)(H2,23,24,27). The Morgan fingerprint density at radius 1 is 0.724 bits per heavy atom. The molecule has 0 aromatic rings. The van der Waals surface area contributed by atoms with Crippen LogP contribution in [-0.2, 0) is 19.1 Å². The number of carbonyl (C=O) groups is 3. The van der Waals surface area contributed by atoms with E-state index in [9.17, 15) is 14.4 Å². The van der Waals surface area contributed by atoms with Gasteiger partial charge >= 0.3 is 12.0 Å². The van der Waals surface area contributed by atoms with Gasteiger partial charge in [-0.05, 0) is 38.9 Å². The summed E-state index contributed by atoms with van der Waals surface area (Å²) in [5, 5.41) is 14.7. The smallest absolute Gasteiger partial charge is 0.314 e. The maximum Gasteiger partial charge on any atom is 0.314 e. The van der Waals surface area contributed by atoms with Crippen molar-refractivity contribution < 1.29 is 23.9 Å². The largest absolute Gasteiger partial charge is 0.469 e. The number of hydrogen-bond acceptors (Lipinski definition) is 7. The number of ether oxygens (including phenoxy) is 2. The predicted octanol–water partition coefficient (Wildman–Crippen LogP) is -0.259. The van der Waals surface area contributed by atoms with Gasteiger partial charge in [-0.3, -0.25) is 9.59 Å². The van der Waals surface area contributed by atoms with E-state index in [4.69, 9.17) is 4.74 Å². The van der Waals surface area contributed by atoms with Gasteiger partial charge in [0.15, 0.2) is 0 Å². The Balaban J connectivity index is 3.34. The zero-order valence-corrected chi connectivity index (χ0v) is 17.9. The van der Waals surface area contributed by atoms with Crippen molar-refractivity contribution in [1.29, 1.82) is 0 Å². The molecule has 0 aliphatic rings. The molecule has 0 unspecified atom stereocenters. The van der Waals surface area contributed by atoms with Crippen molar-refractivity contribution in [3.63, 3.8) is 0 Å². The summed E-state index contributed by atoms with van der Waals surface area (Å²) in [7, 11) is 1.33. The van der Waals surface area contributed by atoms with Gasteiger partial charge < -0.3 is 36.1 Å². The molecule has 0 rings (SSSR count). The minimum Gasteiger partial charge on any atom is -0.469 e. The average Bonchev–Trinajstić information content (AvgIpc) is 2.72. The van der Waals surface area contributed by atoms with Crippen LogP contribution in [0.2, 0.25) is 0 Å². The fourth-order valence-corrected chi connectivity index (χ4v) is 2.27. The fourth-order valence-electron chi connectivity index (χ4n) is 2.27. The van der Waals surface area contributed by atoms with Crippen LogP contribution in [0.25, 0.3) is 0 Å². The van der Waals surface area contributed by atoms with E-state index in [1.54, 1.807) is 0 Å². The highest BCUT2D eigenvalue weighted by Crippen LogP contribution is 1.86. The van der Waals surface area contributed by atoms with Crippen LogP contribution in [-0.4, -0.2) is 84.0 Å². The Kier molecular flexibility index (Phi) is 19.4. The summed E-state index contributed by atoms with van der Waals surface area (Å²) in [6, 6.07) is -0.286. The van der Waals surface area contributed by atoms with Crippen molar-refractivity contribution in [2.45, 2.75) is 39.0 Å². The number of rotatable bonds is 19. The summed E-state index contributed by atoms with van der Waals surface area (Å²) in [5.74, 6) is -0.312. The summed E-state index contributed by atoms with van der Waals surface area (Å²) in [5.41, 5.74) is 0. The molecular formula is C19H39N5O5. The number of urea groups is 1. The van der Waals surface area contributed by atoms with E-state index in [0.717, 1.165) is 32.5 Å². The molecule has 10 heteroatoms. The van der Waals surface area contributed by atoms with Gasteiger partial charge in [0.1, 0.15) is 0 Å². The van der Waals surface area contributed by atoms with Crippen LogP contribution in [0.4, 0.5) is 4.79 Å². The second kappa shape index (κ2) is 20.8. The molecule has 0 atom stereocenters. The van der Waals surface area contributed by atoms with E-state index < -0.39 is 0 Å². The maximum absolute atomic E-state index is 11.7. The molecular weight excluding hydrogens is 378 g/mol. The Morgan fingerprint density at radius 2 is 1.41 bits per heavy atom. The normalized spacial score (nSPS) is 10.4. The first-order valence-electron chi connectivity index (χ1n) is 10.4. The van der Waals surface area contributed by atoms with Gasteiger partial charge in [0.05, 0.1) is 26.7 Å². The summed E-state index contributed by atoms with van der Waals surface area (Å²) in [6.45, 7) is 7.67. The fraction of sp³-hybridized carbons (Fsp3) is 0.842. The molecule has 10 nitrogen and oxygen atoms in total. The van der Waals surface area contributed by atoms with Crippen LogP contribution in [0.1, 0.15) is 39.0 Å². The molecule has 5 N–H and O–H groups in total. The van der Waals surface area contributed by atoms with E-state index in [2.05, 4.69) is 38.2 Å². The molecule has 0 aliphatic heterocycles. The topological polar surface area (TPSA) is 130 Å². The van der Waals surface area contributed by atoms with Gasteiger partial charge in [-0.25, -0.2) is 4.79 Å². The quantitative estimate of drug-likeness (QED) is 0.145. The first kappa shape index (κ1) is 27.1. The molecule has 0 aromatic heterocycles. The summed E-state index contributed by atoms with van der Waals surface area (Å²) >= 11 is 0. The van der Waals surface area contributed by atoms with Crippen molar-refractivity contribution >= 4 is 17.9 Å². The highest BCUT2D eigenvalue weighted by atomic mass is 16.5. The van der Waals surface area contributed by atoms with Crippen molar-refractivity contribution in [3.8, 4) is 0 Å². The average molecular weight is 418 g/mol. The highest BCUT2D eigenvalue weighted by molar-refractivity contribution is 5.76. The van der Waals surface area contributed by atoms with Crippen LogP contribution in [0.3, 0.4) is 0 Å². The summed E-state index contributed by atoms with van der Waals surface area (Å²) < 4.78 is 9.68. The molecule has 0 fully saturated rings. The summed E-state index contributed by atoms with van der Waals surface area (Å²) in [6.07, 6.45) is 3.54. The first-order valence-corrected chi connectivity index (χ1v) is 10.4.